The lowest BCUT2D eigenvalue weighted by molar-refractivity contribution is 0.102. The number of halogens is 2. The number of nitrogens with one attached hydrogen (secondary N) is 1. The average molecular weight is 477 g/mol. The number of carbonyl (C=O) groups is 1. The standard InChI is InChI=1S/C25H18ClFN4O3/c1-30-19-10-6-3-7-15(19)21-22(24(32)28-18-9-5-4-8-17(18)27)29-31(25(33)23(21)30)14-11-12-20(34-2)16(26)13-14/h3-13H,1-2H3,(H,28,32). The van der Waals surface area contributed by atoms with Crippen molar-refractivity contribution in [1.82, 2.24) is 14.3 Å². The van der Waals surface area contributed by atoms with Gasteiger partial charge in [0.2, 0.25) is 0 Å². The monoisotopic (exact) mass is 476 g/mol. The van der Waals surface area contributed by atoms with Crippen LogP contribution in [0.4, 0.5) is 10.1 Å². The number of aryl methyl sites for hydroxylation is 1. The molecule has 0 aliphatic carbocycles. The number of para-hydroxylation sites is 2. The second-order valence-corrected chi connectivity index (χ2v) is 8.03. The fraction of sp³-hybridized carbons (Fsp3) is 0.0800. The summed E-state index contributed by atoms with van der Waals surface area (Å²) in [5.74, 6) is -0.804. The van der Waals surface area contributed by atoms with Gasteiger partial charge in [0.05, 0.1) is 23.5 Å². The van der Waals surface area contributed by atoms with Crippen LogP contribution in [0, 0.1) is 5.82 Å². The van der Waals surface area contributed by atoms with Crippen LogP contribution in [-0.4, -0.2) is 27.4 Å². The molecule has 0 aliphatic rings. The summed E-state index contributed by atoms with van der Waals surface area (Å²) >= 11 is 6.28. The van der Waals surface area contributed by atoms with Crippen LogP contribution < -0.4 is 15.6 Å². The molecule has 5 rings (SSSR count). The topological polar surface area (TPSA) is 78.2 Å². The predicted molar refractivity (Wildman–Crippen MR) is 130 cm³/mol. The molecule has 0 radical (unpaired) electrons. The lowest BCUT2D eigenvalue weighted by Crippen LogP contribution is -2.27. The maximum Gasteiger partial charge on any atom is 0.296 e. The van der Waals surface area contributed by atoms with Gasteiger partial charge in [0.1, 0.15) is 17.1 Å². The number of anilines is 1. The number of methoxy groups -OCH3 is 1. The zero-order chi connectivity index (χ0) is 24.0. The van der Waals surface area contributed by atoms with E-state index in [1.54, 1.807) is 29.8 Å². The number of benzene rings is 3. The van der Waals surface area contributed by atoms with Gasteiger partial charge >= 0.3 is 0 Å². The van der Waals surface area contributed by atoms with Crippen LogP contribution in [0.15, 0.2) is 71.5 Å². The van der Waals surface area contributed by atoms with Gasteiger partial charge < -0.3 is 14.6 Å². The molecule has 0 bridgehead atoms. The van der Waals surface area contributed by atoms with Gasteiger partial charge in [-0.05, 0) is 36.4 Å². The quantitative estimate of drug-likeness (QED) is 0.399. The molecule has 9 heteroatoms. The molecule has 0 unspecified atom stereocenters. The predicted octanol–water partition coefficient (Wildman–Crippen LogP) is 4.93. The van der Waals surface area contributed by atoms with Gasteiger partial charge in [-0.3, -0.25) is 9.59 Å². The molecule has 2 aromatic heterocycles. The van der Waals surface area contributed by atoms with Crippen molar-refractivity contribution < 1.29 is 13.9 Å². The Hall–Kier alpha value is -4.17. The van der Waals surface area contributed by atoms with Gasteiger partial charge in [-0.2, -0.15) is 9.78 Å². The molecule has 0 saturated heterocycles. The molecule has 34 heavy (non-hydrogen) atoms. The van der Waals surface area contributed by atoms with Crippen molar-refractivity contribution in [1.29, 1.82) is 0 Å². The van der Waals surface area contributed by atoms with Crippen LogP contribution in [0.3, 0.4) is 0 Å². The fourth-order valence-corrected chi connectivity index (χ4v) is 4.30. The van der Waals surface area contributed by atoms with E-state index in [4.69, 9.17) is 16.3 Å². The number of amides is 1. The Morgan fingerprint density at radius 2 is 1.82 bits per heavy atom. The third kappa shape index (κ3) is 3.39. The summed E-state index contributed by atoms with van der Waals surface area (Å²) in [6.45, 7) is 0. The highest BCUT2D eigenvalue weighted by Gasteiger charge is 2.24. The van der Waals surface area contributed by atoms with E-state index >= 15 is 0 Å². The van der Waals surface area contributed by atoms with E-state index in [2.05, 4.69) is 10.4 Å². The minimum Gasteiger partial charge on any atom is -0.495 e. The molecule has 0 aliphatic heterocycles. The smallest absolute Gasteiger partial charge is 0.296 e. The average Bonchev–Trinajstić information content (AvgIpc) is 3.14. The maximum absolute atomic E-state index is 14.2. The first kappa shape index (κ1) is 21.7. The van der Waals surface area contributed by atoms with Gasteiger partial charge in [-0.25, -0.2) is 4.39 Å². The number of rotatable bonds is 4. The highest BCUT2D eigenvalue weighted by Crippen LogP contribution is 2.30. The molecule has 0 saturated carbocycles. The van der Waals surface area contributed by atoms with Crippen molar-refractivity contribution in [3.63, 3.8) is 0 Å². The van der Waals surface area contributed by atoms with Gasteiger partial charge in [-0.15, -0.1) is 0 Å². The summed E-state index contributed by atoms with van der Waals surface area (Å²) in [4.78, 5) is 27.0. The van der Waals surface area contributed by atoms with Crippen molar-refractivity contribution in [3.05, 3.63) is 93.6 Å². The van der Waals surface area contributed by atoms with Crippen LogP contribution >= 0.6 is 11.6 Å². The Kier molecular flexibility index (Phi) is 5.30. The normalized spacial score (nSPS) is 11.2. The number of hydrogen-bond donors (Lipinski definition) is 1. The molecule has 170 valence electrons. The van der Waals surface area contributed by atoms with Crippen molar-refractivity contribution >= 4 is 45.0 Å². The van der Waals surface area contributed by atoms with E-state index in [0.717, 1.165) is 10.2 Å². The van der Waals surface area contributed by atoms with Crippen LogP contribution in [0.1, 0.15) is 10.5 Å². The van der Waals surface area contributed by atoms with Gasteiger partial charge in [0, 0.05) is 23.3 Å². The number of aromatic nitrogens is 3. The van der Waals surface area contributed by atoms with Crippen LogP contribution in [0.5, 0.6) is 5.75 Å². The second-order valence-electron chi connectivity index (χ2n) is 7.62. The Morgan fingerprint density at radius 3 is 2.56 bits per heavy atom. The fourth-order valence-electron chi connectivity index (χ4n) is 4.04. The highest BCUT2D eigenvalue weighted by atomic mass is 35.5. The largest absolute Gasteiger partial charge is 0.495 e. The number of ether oxygens (including phenoxy) is 1. The lowest BCUT2D eigenvalue weighted by Gasteiger charge is -2.12. The number of fused-ring (bicyclic) bond motifs is 3. The summed E-state index contributed by atoms with van der Waals surface area (Å²) in [6, 6.07) is 17.9. The molecule has 5 aromatic rings. The molecule has 3 aromatic carbocycles. The lowest BCUT2D eigenvalue weighted by atomic mass is 10.1. The molecule has 0 fully saturated rings. The second kappa shape index (κ2) is 8.31. The van der Waals surface area contributed by atoms with E-state index in [1.165, 1.54) is 31.4 Å². The molecule has 2 heterocycles. The molecule has 7 nitrogen and oxygen atoms in total. The third-order valence-electron chi connectivity index (χ3n) is 5.66. The first-order chi connectivity index (χ1) is 16.4. The van der Waals surface area contributed by atoms with Crippen molar-refractivity contribution in [3.8, 4) is 11.4 Å². The van der Waals surface area contributed by atoms with Crippen LogP contribution in [0.2, 0.25) is 5.02 Å². The first-order valence-corrected chi connectivity index (χ1v) is 10.7. The van der Waals surface area contributed by atoms with E-state index in [-0.39, 0.29) is 21.9 Å². The van der Waals surface area contributed by atoms with Crippen molar-refractivity contribution in [2.24, 2.45) is 7.05 Å². The zero-order valence-corrected chi connectivity index (χ0v) is 18.9. The summed E-state index contributed by atoms with van der Waals surface area (Å²) in [7, 11) is 3.23. The Morgan fingerprint density at radius 1 is 1.09 bits per heavy atom. The Bertz CT molecular complexity index is 1660. The Balaban J connectivity index is 1.81. The number of nitrogens with zero attached hydrogens (tertiary/aromatic N) is 3. The minimum absolute atomic E-state index is 0.00734. The van der Waals surface area contributed by atoms with E-state index in [9.17, 15) is 14.0 Å². The zero-order valence-electron chi connectivity index (χ0n) is 18.2. The first-order valence-electron chi connectivity index (χ1n) is 10.3. The molecule has 0 spiro atoms. The molecular formula is C25H18ClFN4O3. The third-order valence-corrected chi connectivity index (χ3v) is 5.95. The summed E-state index contributed by atoms with van der Waals surface area (Å²) in [5.41, 5.74) is 0.929. The number of hydrogen-bond acceptors (Lipinski definition) is 4. The van der Waals surface area contributed by atoms with Crippen LogP contribution in [0.25, 0.3) is 27.5 Å². The summed E-state index contributed by atoms with van der Waals surface area (Å²) in [5, 5.41) is 8.33. The van der Waals surface area contributed by atoms with E-state index < -0.39 is 17.3 Å². The molecular weight excluding hydrogens is 459 g/mol. The van der Waals surface area contributed by atoms with Gasteiger partial charge in [-0.1, -0.05) is 41.9 Å². The Labute approximate surface area is 197 Å². The van der Waals surface area contributed by atoms with Crippen molar-refractivity contribution in [2.45, 2.75) is 0 Å². The summed E-state index contributed by atoms with van der Waals surface area (Å²) in [6.07, 6.45) is 0. The molecule has 1 N–H and O–H groups in total. The van der Waals surface area contributed by atoms with Crippen LogP contribution in [-0.2, 0) is 7.05 Å². The minimum atomic E-state index is -0.653. The van der Waals surface area contributed by atoms with Gasteiger partial charge in [0.25, 0.3) is 11.5 Å². The SMILES string of the molecule is COc1ccc(-n2nc(C(=O)Nc3ccccc3F)c3c4ccccc4n(C)c3c2=O)cc1Cl. The summed E-state index contributed by atoms with van der Waals surface area (Å²) < 4.78 is 22.3. The molecule has 0 atom stereocenters. The van der Waals surface area contributed by atoms with E-state index in [0.29, 0.717) is 22.2 Å². The van der Waals surface area contributed by atoms with Gasteiger partial charge in [0.15, 0.2) is 5.69 Å². The van der Waals surface area contributed by atoms with Crippen molar-refractivity contribution in [2.75, 3.05) is 12.4 Å². The molecule has 1 amide bonds. The van der Waals surface area contributed by atoms with E-state index in [1.807, 2.05) is 24.3 Å². The highest BCUT2D eigenvalue weighted by molar-refractivity contribution is 6.32. The number of carbonyl (C=O) groups excluding carboxylic acids is 1. The maximum atomic E-state index is 14.2.